The molecule has 1 saturated heterocycles. The number of rotatable bonds is 7. The van der Waals surface area contributed by atoms with Gasteiger partial charge in [-0.2, -0.15) is 0 Å². The SMILES string of the molecule is CC(C)(C)C1CCC(Oc2ccc(N3CCN(CCCC(=O)O)CC3)cc2)CC1. The number of nitrogens with zero attached hydrogens (tertiary/aromatic N) is 2. The normalized spacial score (nSPS) is 23.8. The lowest BCUT2D eigenvalue weighted by molar-refractivity contribution is -0.137. The Bertz CT molecular complexity index is 637. The molecule has 0 bridgehead atoms. The first kappa shape index (κ1) is 21.9. The zero-order valence-electron chi connectivity index (χ0n) is 18.4. The standard InChI is InChI=1S/C24H38N2O3/c1-24(2,3)19-6-10-21(11-7-19)29-22-12-8-20(9-13-22)26-17-15-25(16-18-26)14-4-5-23(27)28/h8-9,12-13,19,21H,4-7,10-11,14-18H2,1-3H3,(H,27,28). The fourth-order valence-corrected chi connectivity index (χ4v) is 4.66. The summed E-state index contributed by atoms with van der Waals surface area (Å²) in [5.41, 5.74) is 1.66. The predicted molar refractivity (Wildman–Crippen MR) is 118 cm³/mol. The second-order valence-corrected chi connectivity index (χ2v) is 9.78. The fourth-order valence-electron chi connectivity index (χ4n) is 4.66. The van der Waals surface area contributed by atoms with Crippen LogP contribution in [-0.4, -0.2) is 54.8 Å². The lowest BCUT2D eigenvalue weighted by atomic mass is 9.72. The summed E-state index contributed by atoms with van der Waals surface area (Å²) in [6, 6.07) is 8.58. The number of carboxylic acids is 1. The van der Waals surface area contributed by atoms with Crippen LogP contribution in [-0.2, 0) is 4.79 Å². The second kappa shape index (κ2) is 9.84. The summed E-state index contributed by atoms with van der Waals surface area (Å²) in [4.78, 5) is 15.4. The van der Waals surface area contributed by atoms with Crippen molar-refractivity contribution in [2.75, 3.05) is 37.6 Å². The van der Waals surface area contributed by atoms with E-state index < -0.39 is 5.97 Å². The maximum atomic E-state index is 10.6. The highest BCUT2D eigenvalue weighted by molar-refractivity contribution is 5.66. The van der Waals surface area contributed by atoms with E-state index in [9.17, 15) is 4.79 Å². The number of benzene rings is 1. The number of anilines is 1. The summed E-state index contributed by atoms with van der Waals surface area (Å²) >= 11 is 0. The molecule has 0 atom stereocenters. The van der Waals surface area contributed by atoms with Crippen LogP contribution in [0, 0.1) is 11.3 Å². The molecule has 0 spiro atoms. The molecular formula is C24H38N2O3. The van der Waals surface area contributed by atoms with E-state index >= 15 is 0 Å². The molecule has 1 aromatic rings. The lowest BCUT2D eigenvalue weighted by Crippen LogP contribution is -2.46. The minimum absolute atomic E-state index is 0.263. The topological polar surface area (TPSA) is 53.0 Å². The van der Waals surface area contributed by atoms with E-state index in [1.807, 2.05) is 0 Å². The van der Waals surface area contributed by atoms with Crippen molar-refractivity contribution in [2.45, 2.75) is 65.4 Å². The van der Waals surface area contributed by atoms with Gasteiger partial charge in [-0.1, -0.05) is 20.8 Å². The van der Waals surface area contributed by atoms with Gasteiger partial charge >= 0.3 is 5.97 Å². The van der Waals surface area contributed by atoms with Gasteiger partial charge in [-0.05, 0) is 74.2 Å². The minimum Gasteiger partial charge on any atom is -0.490 e. The van der Waals surface area contributed by atoms with Gasteiger partial charge in [-0.25, -0.2) is 0 Å². The van der Waals surface area contributed by atoms with Crippen LogP contribution in [0.3, 0.4) is 0 Å². The third-order valence-corrected chi connectivity index (χ3v) is 6.64. The molecule has 1 aliphatic heterocycles. The van der Waals surface area contributed by atoms with Gasteiger partial charge in [0.25, 0.3) is 0 Å². The Morgan fingerprint density at radius 3 is 2.21 bits per heavy atom. The zero-order chi connectivity index (χ0) is 20.9. The van der Waals surface area contributed by atoms with Crippen molar-refractivity contribution >= 4 is 11.7 Å². The average molecular weight is 403 g/mol. The predicted octanol–water partition coefficient (Wildman–Crippen LogP) is 4.66. The molecule has 2 fully saturated rings. The van der Waals surface area contributed by atoms with Gasteiger partial charge in [0.15, 0.2) is 0 Å². The van der Waals surface area contributed by atoms with Crippen molar-refractivity contribution in [3.05, 3.63) is 24.3 Å². The summed E-state index contributed by atoms with van der Waals surface area (Å²) < 4.78 is 6.26. The number of hydrogen-bond donors (Lipinski definition) is 1. The lowest BCUT2D eigenvalue weighted by Gasteiger charge is -2.37. The fraction of sp³-hybridized carbons (Fsp3) is 0.708. The summed E-state index contributed by atoms with van der Waals surface area (Å²) in [5.74, 6) is 1.10. The summed E-state index contributed by atoms with van der Waals surface area (Å²) in [5, 5.41) is 8.77. The number of piperazine rings is 1. The number of hydrogen-bond acceptors (Lipinski definition) is 4. The number of ether oxygens (including phenoxy) is 1. The maximum absolute atomic E-state index is 10.6. The number of aliphatic carboxylic acids is 1. The first-order chi connectivity index (χ1) is 13.8. The molecular weight excluding hydrogens is 364 g/mol. The van der Waals surface area contributed by atoms with E-state index in [1.165, 1.54) is 18.5 Å². The molecule has 1 saturated carbocycles. The van der Waals surface area contributed by atoms with Crippen LogP contribution >= 0.6 is 0 Å². The Kier molecular flexibility index (Phi) is 7.44. The Labute approximate surface area is 176 Å². The molecule has 0 radical (unpaired) electrons. The molecule has 1 aromatic carbocycles. The first-order valence-electron chi connectivity index (χ1n) is 11.3. The van der Waals surface area contributed by atoms with Crippen LogP contribution in [0.4, 0.5) is 5.69 Å². The van der Waals surface area contributed by atoms with Gasteiger partial charge in [0.05, 0.1) is 6.10 Å². The van der Waals surface area contributed by atoms with Crippen LogP contribution < -0.4 is 9.64 Å². The van der Waals surface area contributed by atoms with E-state index in [0.29, 0.717) is 11.5 Å². The molecule has 1 heterocycles. The highest BCUT2D eigenvalue weighted by Crippen LogP contribution is 2.38. The van der Waals surface area contributed by atoms with Crippen molar-refractivity contribution in [2.24, 2.45) is 11.3 Å². The zero-order valence-corrected chi connectivity index (χ0v) is 18.4. The molecule has 1 aliphatic carbocycles. The summed E-state index contributed by atoms with van der Waals surface area (Å²) in [7, 11) is 0. The summed E-state index contributed by atoms with van der Waals surface area (Å²) in [6.45, 7) is 11.9. The largest absolute Gasteiger partial charge is 0.490 e. The van der Waals surface area contributed by atoms with E-state index in [4.69, 9.17) is 9.84 Å². The van der Waals surface area contributed by atoms with Gasteiger partial charge in [-0.15, -0.1) is 0 Å². The van der Waals surface area contributed by atoms with Crippen molar-refractivity contribution in [3.8, 4) is 5.75 Å². The monoisotopic (exact) mass is 402 g/mol. The highest BCUT2D eigenvalue weighted by atomic mass is 16.5. The van der Waals surface area contributed by atoms with Crippen molar-refractivity contribution in [1.82, 2.24) is 4.90 Å². The molecule has 2 aliphatic rings. The summed E-state index contributed by atoms with van der Waals surface area (Å²) in [6.07, 6.45) is 6.21. The molecule has 0 amide bonds. The van der Waals surface area contributed by atoms with Gasteiger partial charge < -0.3 is 14.7 Å². The molecule has 5 nitrogen and oxygen atoms in total. The maximum Gasteiger partial charge on any atom is 0.303 e. The van der Waals surface area contributed by atoms with Crippen LogP contribution in [0.15, 0.2) is 24.3 Å². The molecule has 162 valence electrons. The first-order valence-corrected chi connectivity index (χ1v) is 11.3. The third-order valence-electron chi connectivity index (χ3n) is 6.64. The number of carbonyl (C=O) groups is 1. The molecule has 5 heteroatoms. The quantitative estimate of drug-likeness (QED) is 0.719. The minimum atomic E-state index is -0.701. The van der Waals surface area contributed by atoms with Crippen LogP contribution in [0.5, 0.6) is 5.75 Å². The van der Waals surface area contributed by atoms with Gasteiger partial charge in [0.1, 0.15) is 5.75 Å². The Morgan fingerprint density at radius 1 is 1.03 bits per heavy atom. The smallest absolute Gasteiger partial charge is 0.303 e. The highest BCUT2D eigenvalue weighted by Gasteiger charge is 2.30. The van der Waals surface area contributed by atoms with E-state index in [2.05, 4.69) is 54.8 Å². The van der Waals surface area contributed by atoms with Crippen molar-refractivity contribution < 1.29 is 14.6 Å². The van der Waals surface area contributed by atoms with Crippen LogP contribution in [0.1, 0.15) is 59.3 Å². The van der Waals surface area contributed by atoms with E-state index in [-0.39, 0.29) is 6.42 Å². The van der Waals surface area contributed by atoms with E-state index in [1.54, 1.807) is 0 Å². The van der Waals surface area contributed by atoms with Gasteiger partial charge in [0.2, 0.25) is 0 Å². The van der Waals surface area contributed by atoms with Gasteiger partial charge in [-0.3, -0.25) is 9.69 Å². The number of carboxylic acid groups (broad SMARTS) is 1. The molecule has 29 heavy (non-hydrogen) atoms. The molecule has 0 unspecified atom stereocenters. The average Bonchev–Trinajstić information content (AvgIpc) is 2.69. The van der Waals surface area contributed by atoms with Crippen LogP contribution in [0.2, 0.25) is 0 Å². The molecule has 1 N–H and O–H groups in total. The van der Waals surface area contributed by atoms with Gasteiger partial charge in [0, 0.05) is 38.3 Å². The molecule has 0 aromatic heterocycles. The molecule has 3 rings (SSSR count). The second-order valence-electron chi connectivity index (χ2n) is 9.78. The van der Waals surface area contributed by atoms with Crippen molar-refractivity contribution in [1.29, 1.82) is 0 Å². The van der Waals surface area contributed by atoms with Crippen LogP contribution in [0.25, 0.3) is 0 Å². The Morgan fingerprint density at radius 2 is 1.66 bits per heavy atom. The van der Waals surface area contributed by atoms with Crippen molar-refractivity contribution in [3.63, 3.8) is 0 Å². The third kappa shape index (κ3) is 6.63. The van der Waals surface area contributed by atoms with E-state index in [0.717, 1.165) is 63.7 Å². The Hall–Kier alpha value is -1.75. The Balaban J connectivity index is 1.41.